The van der Waals surface area contributed by atoms with Crippen LogP contribution in [-0.4, -0.2) is 17.1 Å². The molecule has 0 aliphatic heterocycles. The molecule has 0 aliphatic rings. The van der Waals surface area contributed by atoms with E-state index in [2.05, 4.69) is 0 Å². The summed E-state index contributed by atoms with van der Waals surface area (Å²) in [5.41, 5.74) is 3.37. The number of carbonyl (C=O) groups excluding carboxylic acids is 1. The number of nitrogens with zero attached hydrogens (tertiary/aromatic N) is 1. The number of ether oxygens (including phenoxy) is 1. The van der Waals surface area contributed by atoms with Crippen molar-refractivity contribution in [3.05, 3.63) is 78.6 Å². The van der Waals surface area contributed by atoms with Gasteiger partial charge in [0.2, 0.25) is 0 Å². The van der Waals surface area contributed by atoms with Crippen LogP contribution in [0.3, 0.4) is 0 Å². The molecule has 0 saturated heterocycles. The predicted molar refractivity (Wildman–Crippen MR) is 87.2 cm³/mol. The Hall–Kier alpha value is -2.81. The molecule has 110 valence electrons. The maximum atomic E-state index is 12.5. The van der Waals surface area contributed by atoms with E-state index in [-0.39, 0.29) is 5.97 Å². The minimum atomic E-state index is -0.310. The Bertz CT molecular complexity index is 704. The van der Waals surface area contributed by atoms with Gasteiger partial charge in [0.05, 0.1) is 6.61 Å². The molecule has 3 nitrogen and oxygen atoms in total. The molecule has 3 heteroatoms. The fourth-order valence-electron chi connectivity index (χ4n) is 2.49. The SMILES string of the molecule is CCOC(=O)c1c(-c2ccccc2)ccn1-c1ccccc1. The van der Waals surface area contributed by atoms with Crippen LogP contribution in [0.1, 0.15) is 17.4 Å². The molecule has 2 aromatic carbocycles. The highest BCUT2D eigenvalue weighted by Crippen LogP contribution is 2.27. The number of aromatic nitrogens is 1. The molecule has 0 saturated carbocycles. The van der Waals surface area contributed by atoms with Gasteiger partial charge in [-0.05, 0) is 30.7 Å². The van der Waals surface area contributed by atoms with Crippen LogP contribution >= 0.6 is 0 Å². The van der Waals surface area contributed by atoms with E-state index in [9.17, 15) is 4.79 Å². The van der Waals surface area contributed by atoms with E-state index in [0.29, 0.717) is 12.3 Å². The maximum absolute atomic E-state index is 12.5. The molecule has 0 amide bonds. The number of hydrogen-bond acceptors (Lipinski definition) is 2. The molecule has 3 rings (SSSR count). The summed E-state index contributed by atoms with van der Waals surface area (Å²) in [6.45, 7) is 2.17. The van der Waals surface area contributed by atoms with E-state index < -0.39 is 0 Å². The number of rotatable bonds is 4. The lowest BCUT2D eigenvalue weighted by molar-refractivity contribution is 0.0518. The molecule has 0 aliphatic carbocycles. The molecule has 0 atom stereocenters. The average molecular weight is 291 g/mol. The van der Waals surface area contributed by atoms with Gasteiger partial charge in [-0.2, -0.15) is 0 Å². The van der Waals surface area contributed by atoms with Crippen molar-refractivity contribution in [1.82, 2.24) is 4.57 Å². The van der Waals surface area contributed by atoms with Gasteiger partial charge >= 0.3 is 5.97 Å². The summed E-state index contributed by atoms with van der Waals surface area (Å²) >= 11 is 0. The zero-order valence-corrected chi connectivity index (χ0v) is 12.4. The predicted octanol–water partition coefficient (Wildman–Crippen LogP) is 4.32. The molecule has 1 aromatic heterocycles. The van der Waals surface area contributed by atoms with E-state index in [0.717, 1.165) is 16.8 Å². The molecule has 0 unspecified atom stereocenters. The molecule has 0 spiro atoms. The zero-order valence-electron chi connectivity index (χ0n) is 12.4. The van der Waals surface area contributed by atoms with Crippen molar-refractivity contribution in [2.75, 3.05) is 6.61 Å². The lowest BCUT2D eigenvalue weighted by Crippen LogP contribution is -2.11. The van der Waals surface area contributed by atoms with Crippen molar-refractivity contribution in [2.45, 2.75) is 6.92 Å². The Balaban J connectivity index is 2.16. The first kappa shape index (κ1) is 14.1. The lowest BCUT2D eigenvalue weighted by Gasteiger charge is -2.11. The van der Waals surface area contributed by atoms with E-state index in [1.165, 1.54) is 0 Å². The fraction of sp³-hybridized carbons (Fsp3) is 0.105. The van der Waals surface area contributed by atoms with Gasteiger partial charge in [0, 0.05) is 17.4 Å². The van der Waals surface area contributed by atoms with Crippen molar-refractivity contribution >= 4 is 5.97 Å². The van der Waals surface area contributed by atoms with Crippen molar-refractivity contribution < 1.29 is 9.53 Å². The van der Waals surface area contributed by atoms with Crippen molar-refractivity contribution in [3.63, 3.8) is 0 Å². The first-order valence-electron chi connectivity index (χ1n) is 7.30. The number of carbonyl (C=O) groups is 1. The van der Waals surface area contributed by atoms with E-state index in [1.807, 2.05) is 84.4 Å². The van der Waals surface area contributed by atoms with Crippen LogP contribution in [0.2, 0.25) is 0 Å². The van der Waals surface area contributed by atoms with Crippen LogP contribution in [0.4, 0.5) is 0 Å². The van der Waals surface area contributed by atoms with E-state index in [4.69, 9.17) is 4.74 Å². The summed E-state index contributed by atoms with van der Waals surface area (Å²) in [7, 11) is 0. The highest BCUT2D eigenvalue weighted by molar-refractivity contribution is 5.96. The second kappa shape index (κ2) is 6.31. The zero-order chi connectivity index (χ0) is 15.4. The number of para-hydroxylation sites is 1. The van der Waals surface area contributed by atoms with Crippen LogP contribution in [0.5, 0.6) is 0 Å². The minimum Gasteiger partial charge on any atom is -0.461 e. The topological polar surface area (TPSA) is 31.2 Å². The van der Waals surface area contributed by atoms with Gasteiger partial charge in [-0.1, -0.05) is 48.5 Å². The highest BCUT2D eigenvalue weighted by atomic mass is 16.5. The Morgan fingerprint density at radius 3 is 2.23 bits per heavy atom. The van der Waals surface area contributed by atoms with Crippen molar-refractivity contribution in [3.8, 4) is 16.8 Å². The van der Waals surface area contributed by atoms with Crippen molar-refractivity contribution in [1.29, 1.82) is 0 Å². The van der Waals surface area contributed by atoms with Crippen LogP contribution in [0.15, 0.2) is 72.9 Å². The number of esters is 1. The van der Waals surface area contributed by atoms with Gasteiger partial charge in [0.1, 0.15) is 5.69 Å². The molecular formula is C19H17NO2. The molecular weight excluding hydrogens is 274 g/mol. The number of hydrogen-bond donors (Lipinski definition) is 0. The third-order valence-corrected chi connectivity index (χ3v) is 3.47. The maximum Gasteiger partial charge on any atom is 0.355 e. The third kappa shape index (κ3) is 2.66. The minimum absolute atomic E-state index is 0.310. The van der Waals surface area contributed by atoms with Gasteiger partial charge in [-0.25, -0.2) is 4.79 Å². The van der Waals surface area contributed by atoms with E-state index in [1.54, 1.807) is 0 Å². The Kier molecular flexibility index (Phi) is 4.05. The largest absolute Gasteiger partial charge is 0.461 e. The fourth-order valence-corrected chi connectivity index (χ4v) is 2.49. The summed E-state index contributed by atoms with van der Waals surface area (Å²) in [6.07, 6.45) is 1.91. The van der Waals surface area contributed by atoms with Gasteiger partial charge in [0.25, 0.3) is 0 Å². The number of benzene rings is 2. The molecule has 1 heterocycles. The average Bonchev–Trinajstić information content (AvgIpc) is 3.02. The second-order valence-electron chi connectivity index (χ2n) is 4.87. The summed E-state index contributed by atoms with van der Waals surface area (Å²) in [5.74, 6) is -0.310. The Morgan fingerprint density at radius 1 is 0.955 bits per heavy atom. The molecule has 0 bridgehead atoms. The van der Waals surface area contributed by atoms with Crippen LogP contribution < -0.4 is 0 Å². The van der Waals surface area contributed by atoms with Gasteiger partial charge in [0.15, 0.2) is 0 Å². The summed E-state index contributed by atoms with van der Waals surface area (Å²) < 4.78 is 7.13. The molecule has 0 fully saturated rings. The third-order valence-electron chi connectivity index (χ3n) is 3.47. The summed E-state index contributed by atoms with van der Waals surface area (Å²) in [5, 5.41) is 0. The monoisotopic (exact) mass is 291 g/mol. The quantitative estimate of drug-likeness (QED) is 0.670. The first-order valence-corrected chi connectivity index (χ1v) is 7.30. The summed E-state index contributed by atoms with van der Waals surface area (Å²) in [4.78, 5) is 12.5. The summed E-state index contributed by atoms with van der Waals surface area (Å²) in [6, 6.07) is 21.6. The van der Waals surface area contributed by atoms with E-state index >= 15 is 0 Å². The molecule has 0 radical (unpaired) electrons. The normalized spacial score (nSPS) is 10.4. The van der Waals surface area contributed by atoms with Crippen molar-refractivity contribution in [2.24, 2.45) is 0 Å². The smallest absolute Gasteiger partial charge is 0.355 e. The standard InChI is InChI=1S/C19H17NO2/c1-2-22-19(21)18-17(15-9-5-3-6-10-15)13-14-20(18)16-11-7-4-8-12-16/h3-14H,2H2,1H3. The Morgan fingerprint density at radius 2 is 1.59 bits per heavy atom. The van der Waals surface area contributed by atoms with Gasteiger partial charge in [-0.15, -0.1) is 0 Å². The highest BCUT2D eigenvalue weighted by Gasteiger charge is 2.20. The van der Waals surface area contributed by atoms with Crippen LogP contribution in [0.25, 0.3) is 16.8 Å². The van der Waals surface area contributed by atoms with Gasteiger partial charge < -0.3 is 9.30 Å². The van der Waals surface area contributed by atoms with Gasteiger partial charge in [-0.3, -0.25) is 0 Å². The lowest BCUT2D eigenvalue weighted by atomic mass is 10.1. The first-order chi connectivity index (χ1) is 10.8. The Labute approximate surface area is 129 Å². The molecule has 3 aromatic rings. The molecule has 0 N–H and O–H groups in total. The van der Waals surface area contributed by atoms with Crippen LogP contribution in [0, 0.1) is 0 Å². The second-order valence-corrected chi connectivity index (χ2v) is 4.87. The van der Waals surface area contributed by atoms with Crippen LogP contribution in [-0.2, 0) is 4.74 Å². The molecule has 22 heavy (non-hydrogen) atoms.